The first kappa shape index (κ1) is 27.3. The molecule has 0 N–H and O–H groups in total. The van der Waals surface area contributed by atoms with Gasteiger partial charge < -0.3 is 13.7 Å². The number of nitrogens with zero attached hydrogens (tertiary/aromatic N) is 4. The molecule has 41 heavy (non-hydrogen) atoms. The topological polar surface area (TPSA) is 101 Å². The Bertz CT molecular complexity index is 1850. The van der Waals surface area contributed by atoms with Crippen molar-refractivity contribution in [1.82, 2.24) is 0 Å². The third-order valence-electron chi connectivity index (χ3n) is 7.20. The first-order chi connectivity index (χ1) is 19.4. The van der Waals surface area contributed by atoms with Crippen LogP contribution in [0.15, 0.2) is 87.2 Å². The number of furan rings is 2. The summed E-state index contributed by atoms with van der Waals surface area (Å²) in [4.78, 5) is 2.19. The minimum absolute atomic E-state index is 0.0412. The summed E-state index contributed by atoms with van der Waals surface area (Å²) in [7, 11) is 0. The molecule has 0 spiro atoms. The molecule has 0 aliphatic carbocycles. The first-order valence-corrected chi connectivity index (χ1v) is 13.4. The number of allylic oxidation sites excluding steroid dienone is 2. The molecule has 0 amide bonds. The van der Waals surface area contributed by atoms with Crippen molar-refractivity contribution in [1.29, 1.82) is 15.8 Å². The van der Waals surface area contributed by atoms with Gasteiger partial charge in [0, 0.05) is 29.2 Å². The zero-order chi connectivity index (χ0) is 29.5. The van der Waals surface area contributed by atoms with Gasteiger partial charge in [0.25, 0.3) is 0 Å². The summed E-state index contributed by atoms with van der Waals surface area (Å²) in [5.74, 6) is 0.129. The van der Waals surface area contributed by atoms with Crippen LogP contribution in [0.2, 0.25) is 0 Å². The fourth-order valence-electron chi connectivity index (χ4n) is 4.84. The maximum atomic E-state index is 9.52. The Labute approximate surface area is 239 Å². The van der Waals surface area contributed by atoms with E-state index < -0.39 is 0 Å². The molecule has 0 fully saturated rings. The Morgan fingerprint density at radius 3 is 1.59 bits per heavy atom. The van der Waals surface area contributed by atoms with Crippen LogP contribution >= 0.6 is 0 Å². The molecule has 0 atom stereocenters. The number of benzene rings is 3. The van der Waals surface area contributed by atoms with Crippen molar-refractivity contribution in [2.75, 3.05) is 4.90 Å². The molecule has 5 aromatic rings. The second-order valence-electron chi connectivity index (χ2n) is 12.1. The molecule has 2 aromatic heterocycles. The van der Waals surface area contributed by atoms with Crippen molar-refractivity contribution in [2.45, 2.75) is 52.4 Å². The fraction of sp³-hybridized carbons (Fsp3) is 0.229. The quantitative estimate of drug-likeness (QED) is 0.211. The van der Waals surface area contributed by atoms with E-state index in [0.29, 0.717) is 16.7 Å². The first-order valence-electron chi connectivity index (χ1n) is 13.4. The van der Waals surface area contributed by atoms with E-state index in [1.54, 1.807) is 18.2 Å². The molecule has 0 unspecified atom stereocenters. The highest BCUT2D eigenvalue weighted by atomic mass is 16.4. The molecule has 0 radical (unpaired) electrons. The lowest BCUT2D eigenvalue weighted by Crippen LogP contribution is -2.14. The van der Waals surface area contributed by atoms with Crippen molar-refractivity contribution < 1.29 is 8.83 Å². The maximum absolute atomic E-state index is 9.52. The lowest BCUT2D eigenvalue weighted by atomic mass is 9.86. The SMILES string of the molecule is CC(C)(C)c1ccc(N(c2ccc(C(C)(C)C)cc2)c2ccc3c(c2)oc2cc(C(C#N)=C(C#N)C#N)oc23)cc1. The summed E-state index contributed by atoms with van der Waals surface area (Å²) in [6, 6.07) is 30.1. The predicted molar refractivity (Wildman–Crippen MR) is 162 cm³/mol. The van der Waals surface area contributed by atoms with Gasteiger partial charge >= 0.3 is 0 Å². The monoisotopic (exact) mass is 538 g/mol. The summed E-state index contributed by atoms with van der Waals surface area (Å²) in [6.45, 7) is 13.2. The van der Waals surface area contributed by atoms with Gasteiger partial charge in [-0.15, -0.1) is 0 Å². The van der Waals surface area contributed by atoms with Crippen LogP contribution in [-0.2, 0) is 10.8 Å². The second-order valence-corrected chi connectivity index (χ2v) is 12.1. The average Bonchev–Trinajstić information content (AvgIpc) is 3.49. The highest BCUT2D eigenvalue weighted by molar-refractivity contribution is 6.04. The summed E-state index contributed by atoms with van der Waals surface area (Å²) >= 11 is 0. The molecule has 2 heterocycles. The standard InChI is InChI=1S/C35H30N4O2/c1-34(2,3)23-7-11-25(12-8-23)39(26-13-9-24(10-14-26)35(4,5)6)27-15-16-28-30(17-27)40-32-18-31(41-33(28)32)29(21-38)22(19-36)20-37/h7-18H,1-6H3. The highest BCUT2D eigenvalue weighted by Crippen LogP contribution is 2.41. The Morgan fingerprint density at radius 2 is 1.12 bits per heavy atom. The fourth-order valence-corrected chi connectivity index (χ4v) is 4.84. The van der Waals surface area contributed by atoms with Crippen LogP contribution in [0.25, 0.3) is 27.7 Å². The molecule has 0 bridgehead atoms. The minimum atomic E-state index is -0.305. The molecule has 0 saturated carbocycles. The van der Waals surface area contributed by atoms with E-state index in [1.807, 2.05) is 24.3 Å². The molecule has 202 valence electrons. The van der Waals surface area contributed by atoms with Crippen LogP contribution in [0.4, 0.5) is 17.1 Å². The van der Waals surface area contributed by atoms with Gasteiger partial charge in [-0.1, -0.05) is 65.8 Å². The van der Waals surface area contributed by atoms with Gasteiger partial charge in [0.05, 0.1) is 5.39 Å². The lowest BCUT2D eigenvalue weighted by molar-refractivity contribution is 0.590. The predicted octanol–water partition coefficient (Wildman–Crippen LogP) is 9.57. The van der Waals surface area contributed by atoms with Crippen LogP contribution in [0.1, 0.15) is 58.4 Å². The van der Waals surface area contributed by atoms with Crippen molar-refractivity contribution in [3.63, 3.8) is 0 Å². The third-order valence-corrected chi connectivity index (χ3v) is 7.20. The molecule has 0 saturated heterocycles. The normalized spacial score (nSPS) is 11.6. The molecule has 3 aromatic carbocycles. The average molecular weight is 539 g/mol. The van der Waals surface area contributed by atoms with E-state index in [9.17, 15) is 15.8 Å². The number of nitriles is 3. The van der Waals surface area contributed by atoms with Gasteiger partial charge in [-0.05, 0) is 58.4 Å². The molecule has 5 rings (SSSR count). The summed E-state index contributed by atoms with van der Waals surface area (Å²) < 4.78 is 12.1. The van der Waals surface area contributed by atoms with E-state index >= 15 is 0 Å². The molecule has 0 aliphatic heterocycles. The van der Waals surface area contributed by atoms with E-state index in [2.05, 4.69) is 95.0 Å². The van der Waals surface area contributed by atoms with Crippen LogP contribution in [0, 0.1) is 34.0 Å². The van der Waals surface area contributed by atoms with Crippen LogP contribution in [0.5, 0.6) is 0 Å². The van der Waals surface area contributed by atoms with E-state index in [-0.39, 0.29) is 27.7 Å². The van der Waals surface area contributed by atoms with Gasteiger partial charge in [-0.3, -0.25) is 0 Å². The van der Waals surface area contributed by atoms with Crippen LogP contribution < -0.4 is 4.90 Å². The smallest absolute Gasteiger partial charge is 0.181 e. The van der Waals surface area contributed by atoms with Gasteiger partial charge in [0.2, 0.25) is 0 Å². The van der Waals surface area contributed by atoms with E-state index in [1.165, 1.54) is 11.1 Å². The molecule has 6 heteroatoms. The number of rotatable bonds is 4. The maximum Gasteiger partial charge on any atom is 0.181 e. The van der Waals surface area contributed by atoms with Crippen molar-refractivity contribution in [2.24, 2.45) is 0 Å². The van der Waals surface area contributed by atoms with Gasteiger partial charge in [0.15, 0.2) is 22.5 Å². The Hall–Kier alpha value is -5.25. The van der Waals surface area contributed by atoms with Crippen molar-refractivity contribution >= 4 is 44.8 Å². The van der Waals surface area contributed by atoms with E-state index in [0.717, 1.165) is 22.4 Å². The number of anilines is 3. The zero-order valence-electron chi connectivity index (χ0n) is 24.0. The molecular formula is C35H30N4O2. The Morgan fingerprint density at radius 1 is 0.610 bits per heavy atom. The number of fused-ring (bicyclic) bond motifs is 3. The Balaban J connectivity index is 1.63. The molecule has 6 nitrogen and oxygen atoms in total. The van der Waals surface area contributed by atoms with Crippen LogP contribution in [0.3, 0.4) is 0 Å². The second kappa shape index (κ2) is 10.1. The molecule has 0 aliphatic rings. The summed E-state index contributed by atoms with van der Waals surface area (Å²) in [5, 5.41) is 28.7. The lowest BCUT2D eigenvalue weighted by Gasteiger charge is -2.28. The minimum Gasteiger partial charge on any atom is -0.452 e. The van der Waals surface area contributed by atoms with Crippen molar-refractivity contribution in [3.8, 4) is 18.2 Å². The summed E-state index contributed by atoms with van der Waals surface area (Å²) in [6.07, 6.45) is 0. The van der Waals surface area contributed by atoms with Gasteiger partial charge in [-0.25, -0.2) is 0 Å². The highest BCUT2D eigenvalue weighted by Gasteiger charge is 2.22. The van der Waals surface area contributed by atoms with Crippen LogP contribution in [-0.4, -0.2) is 0 Å². The van der Waals surface area contributed by atoms with Gasteiger partial charge in [-0.2, -0.15) is 15.8 Å². The van der Waals surface area contributed by atoms with Gasteiger partial charge in [0.1, 0.15) is 29.4 Å². The third kappa shape index (κ3) is 5.07. The number of hydrogen-bond acceptors (Lipinski definition) is 6. The Kier molecular flexibility index (Phi) is 6.70. The number of hydrogen-bond donors (Lipinski definition) is 0. The van der Waals surface area contributed by atoms with E-state index in [4.69, 9.17) is 8.83 Å². The summed E-state index contributed by atoms with van der Waals surface area (Å²) in [5.41, 5.74) is 6.63. The zero-order valence-corrected chi connectivity index (χ0v) is 24.0. The largest absolute Gasteiger partial charge is 0.452 e. The molecular weight excluding hydrogens is 508 g/mol. The van der Waals surface area contributed by atoms with Crippen molar-refractivity contribution in [3.05, 3.63) is 95.3 Å².